The van der Waals surface area contributed by atoms with Crippen molar-refractivity contribution in [3.05, 3.63) is 103 Å². The van der Waals surface area contributed by atoms with E-state index in [0.29, 0.717) is 26.4 Å². The molecule has 0 saturated carbocycles. The Morgan fingerprint density at radius 2 is 0.380 bits per heavy atom. The van der Waals surface area contributed by atoms with E-state index < -0.39 is 0 Å². The molecule has 0 radical (unpaired) electrons. The zero-order valence-corrected chi connectivity index (χ0v) is 49.9. The number of hydrogen-bond donors (Lipinski definition) is 0. The Hall–Kier alpha value is -8.87. The van der Waals surface area contributed by atoms with Crippen LogP contribution in [0.5, 0.6) is 0 Å². The molecule has 6 heteroatoms. The van der Waals surface area contributed by atoms with Crippen molar-refractivity contribution in [1.29, 1.82) is 0 Å². The summed E-state index contributed by atoms with van der Waals surface area (Å²) >= 11 is 0. The van der Waals surface area contributed by atoms with Crippen molar-refractivity contribution in [3.8, 4) is 0 Å². The van der Waals surface area contributed by atoms with Crippen LogP contribution in [0.3, 0.4) is 0 Å². The molecule has 4 unspecified atom stereocenters. The molecule has 12 aliphatic rings. The van der Waals surface area contributed by atoms with E-state index in [4.69, 9.17) is 18.6 Å². The maximum Gasteiger partial charge on any atom is 0.493 e. The van der Waals surface area contributed by atoms with E-state index in [9.17, 15) is 0 Å². The fourth-order valence-corrected chi connectivity index (χ4v) is 31.1. The molecule has 4 atom stereocenters. The van der Waals surface area contributed by atoms with Gasteiger partial charge in [-0.15, -0.1) is 0 Å². The molecule has 38 rings (SSSR count). The third-order valence-electron chi connectivity index (χ3n) is 32.2. The highest BCUT2D eigenvalue weighted by atomic mass is 16.6. The fraction of sp³-hybridized carbons (Fsp3) is 0.209. The molecule has 26 aromatic carbocycles. The third kappa shape index (κ3) is 2.51. The molecule has 408 valence electrons. The number of hydrogen-bond acceptors (Lipinski definition) is 4. The van der Waals surface area contributed by atoms with Crippen molar-refractivity contribution in [1.82, 2.24) is 0 Å². The zero-order valence-electron chi connectivity index (χ0n) is 49.9. The zero-order chi connectivity index (χ0) is 56.7. The van der Waals surface area contributed by atoms with Crippen molar-refractivity contribution in [2.45, 2.75) is 75.0 Å². The minimum absolute atomic E-state index is 0.0110. The molecule has 10 aliphatic carbocycles. The summed E-state index contributed by atoms with van der Waals surface area (Å²) in [6.45, 7) is 11.9. The van der Waals surface area contributed by atoms with Gasteiger partial charge in [0.05, 0.1) is 0 Å². The summed E-state index contributed by atoms with van der Waals surface area (Å²) < 4.78 is 27.2. The van der Waals surface area contributed by atoms with Crippen LogP contribution in [0.2, 0.25) is 0 Å². The van der Waals surface area contributed by atoms with Crippen molar-refractivity contribution in [2.75, 3.05) is 26.4 Å². The molecular formula is C86H34B2O4. The van der Waals surface area contributed by atoms with Gasteiger partial charge in [0, 0.05) is 58.9 Å². The minimum Gasteiger partial charge on any atom is -0.407 e. The lowest BCUT2D eigenvalue weighted by molar-refractivity contribution is 0.0342. The average molecular weight is 1150 g/mol. The van der Waals surface area contributed by atoms with Gasteiger partial charge >= 0.3 is 14.2 Å². The number of rotatable bonds is 2. The van der Waals surface area contributed by atoms with Gasteiger partial charge in [0.2, 0.25) is 0 Å². The van der Waals surface area contributed by atoms with Crippen LogP contribution in [0.25, 0.3) is 259 Å². The minimum atomic E-state index is -0.363. The molecular weight excluding hydrogens is 1120 g/mol. The quantitative estimate of drug-likeness (QED) is 0.128. The first-order chi connectivity index (χ1) is 45.2. The van der Waals surface area contributed by atoms with Gasteiger partial charge in [-0.3, -0.25) is 0 Å². The van der Waals surface area contributed by atoms with Gasteiger partial charge in [0.25, 0.3) is 0 Å². The lowest BCUT2D eigenvalue weighted by Gasteiger charge is -2.58. The van der Waals surface area contributed by atoms with E-state index in [0.717, 1.165) is 25.7 Å². The van der Waals surface area contributed by atoms with E-state index in [1.165, 1.54) is 22.1 Å². The van der Waals surface area contributed by atoms with Crippen molar-refractivity contribution in [3.63, 3.8) is 0 Å². The first-order valence-electron chi connectivity index (χ1n) is 34.9. The summed E-state index contributed by atoms with van der Waals surface area (Å²) in [5, 5.41) is 80.4. The second-order valence-corrected chi connectivity index (χ2v) is 35.6. The third-order valence-corrected chi connectivity index (χ3v) is 32.2. The Balaban J connectivity index is 0.884. The Morgan fingerprint density at radius 1 is 0.217 bits per heavy atom. The predicted molar refractivity (Wildman–Crippen MR) is 377 cm³/mol. The van der Waals surface area contributed by atoms with Crippen molar-refractivity contribution < 1.29 is 18.6 Å². The summed E-state index contributed by atoms with van der Waals surface area (Å²) in [4.78, 5) is 0. The first-order valence-corrected chi connectivity index (χ1v) is 34.9. The maximum absolute atomic E-state index is 6.79. The van der Waals surface area contributed by atoms with Gasteiger partial charge in [-0.2, -0.15) is 0 Å². The molecule has 2 aliphatic heterocycles. The predicted octanol–water partition coefficient (Wildman–Crippen LogP) is 18.0. The standard InChI is InChI=1S/C86H34B2O4/c1-81(2)15-89-87(90-16-81)23-7-5-19-11-83-73-57-46-35-28-29-33-26-25-30-27-31(26)42-51-40(33)47-36(29)38-37(35)48-45-49(38)60-58(47)74-62(51)64-53(42)44-34(27)43-52-41(30)50(39(46)32(25)28)61(73)63(52)75-65-54(43)55(44)66-70-69(65)79(85(75,83)13-21(19)9-23)71-67(77(83)59(48)57)56(45)68-72(71)80(70)86(76(64)66)14-22-10-24(88-91-17-82(3,4)18-92-88)8-6-20(22)12-84(74,86)78(60)68/h5-10H,11-18H2,1-4H3. The number of fused-ring (bicyclic) bond motifs is 2. The summed E-state index contributed by atoms with van der Waals surface area (Å²) in [7, 11) is -0.726. The molecule has 0 aromatic heterocycles. The van der Waals surface area contributed by atoms with E-state index in [1.807, 2.05) is 0 Å². The summed E-state index contributed by atoms with van der Waals surface area (Å²) in [6.07, 6.45) is 4.01. The van der Waals surface area contributed by atoms with E-state index in [1.54, 1.807) is 314 Å². The molecule has 2 heterocycles. The van der Waals surface area contributed by atoms with Crippen LogP contribution < -0.4 is 10.9 Å². The average Bonchev–Trinajstić information content (AvgIpc) is 1.38. The van der Waals surface area contributed by atoms with E-state index in [-0.39, 0.29) is 46.7 Å². The van der Waals surface area contributed by atoms with Crippen LogP contribution in [-0.4, -0.2) is 40.7 Å². The van der Waals surface area contributed by atoms with Crippen molar-refractivity contribution in [2.24, 2.45) is 10.8 Å². The van der Waals surface area contributed by atoms with E-state index in [2.05, 4.69) is 64.1 Å². The van der Waals surface area contributed by atoms with Crippen LogP contribution in [0.1, 0.15) is 94.5 Å². The molecule has 0 amide bonds. The Bertz CT molecular complexity index is 8070. The normalized spacial score (nSPS) is 27.1. The monoisotopic (exact) mass is 1150 g/mol. The van der Waals surface area contributed by atoms with Crippen LogP contribution in [-0.2, 0) is 66.0 Å². The van der Waals surface area contributed by atoms with Gasteiger partial charge in [0.15, 0.2) is 0 Å². The molecule has 4 spiro atoms. The van der Waals surface area contributed by atoms with Gasteiger partial charge in [-0.1, -0.05) is 64.1 Å². The highest BCUT2D eigenvalue weighted by Crippen LogP contribution is 2.89. The topological polar surface area (TPSA) is 36.9 Å². The Labute approximate surface area is 514 Å². The lowest BCUT2D eigenvalue weighted by atomic mass is 9.42. The second kappa shape index (κ2) is 9.61. The summed E-state index contributed by atoms with van der Waals surface area (Å²) in [6, 6.07) is 15.3. The highest BCUT2D eigenvalue weighted by molar-refractivity contribution is 6.78. The Morgan fingerprint density at radius 3 is 0.587 bits per heavy atom. The van der Waals surface area contributed by atoms with Crippen molar-refractivity contribution >= 4 is 284 Å². The molecule has 92 heavy (non-hydrogen) atoms. The van der Waals surface area contributed by atoms with Crippen LogP contribution in [0, 0.1) is 10.8 Å². The summed E-state index contributed by atoms with van der Waals surface area (Å²) in [5.41, 5.74) is 21.4. The van der Waals surface area contributed by atoms with Crippen LogP contribution in [0.15, 0.2) is 36.4 Å². The molecule has 0 N–H and O–H groups in total. The molecule has 26 aromatic rings. The molecule has 2 saturated heterocycles. The highest BCUT2D eigenvalue weighted by Gasteiger charge is 2.75. The van der Waals surface area contributed by atoms with Crippen LogP contribution >= 0.6 is 0 Å². The largest absolute Gasteiger partial charge is 0.493 e. The van der Waals surface area contributed by atoms with Crippen LogP contribution in [0.4, 0.5) is 0 Å². The van der Waals surface area contributed by atoms with Gasteiger partial charge in [0.1, 0.15) is 0 Å². The van der Waals surface area contributed by atoms with E-state index >= 15 is 0 Å². The molecule has 0 bridgehead atoms. The Kier molecular flexibility index (Phi) is 4.13. The van der Waals surface area contributed by atoms with Gasteiger partial charge < -0.3 is 18.6 Å². The maximum atomic E-state index is 6.79. The molecule has 2 fully saturated rings. The smallest absolute Gasteiger partial charge is 0.407 e. The number of benzene rings is 18. The first kappa shape index (κ1) is 39.5. The van der Waals surface area contributed by atoms with Gasteiger partial charge in [-0.05, 0) is 362 Å². The SMILES string of the molecule is CC1(C)COB(c2ccc3c(c2)CC24c5c6c7c8c9c5c5c2c2c%10c%11c%12c%13c(c6c6c7c7c%14c%15c%16c%17c%18c(c9c9c5c5c2c2c%10c%10c%12c%12c%19c%13c6c%14c%19c6c%15c%13c%17c%14c%18c9c5c5c2c2c%10c%12c6c%13c2c%145)C82Cc5cc(B6OCC(C)(C)CO6)ccc5CC7%162)C%114C3)OC1. The lowest BCUT2D eigenvalue weighted by Crippen LogP contribution is -2.58. The fourth-order valence-electron chi connectivity index (χ4n) is 31.1. The second-order valence-electron chi connectivity index (χ2n) is 35.6. The van der Waals surface area contributed by atoms with Gasteiger partial charge in [-0.25, -0.2) is 0 Å². The summed E-state index contributed by atoms with van der Waals surface area (Å²) in [5.74, 6) is 0. The molecule has 4 nitrogen and oxygen atoms in total.